The summed E-state index contributed by atoms with van der Waals surface area (Å²) in [5, 5.41) is 16.7. The van der Waals surface area contributed by atoms with Gasteiger partial charge in [0.15, 0.2) is 0 Å². The van der Waals surface area contributed by atoms with Gasteiger partial charge in [-0.25, -0.2) is 0 Å². The predicted octanol–water partition coefficient (Wildman–Crippen LogP) is 1.99. The van der Waals surface area contributed by atoms with E-state index in [1.807, 2.05) is 0 Å². The SMILES string of the molecule is O=C(CCC1CCCNC1)NCc1ccc([N+](=O)[O-])cc1. The van der Waals surface area contributed by atoms with Crippen molar-refractivity contribution in [1.29, 1.82) is 0 Å². The van der Waals surface area contributed by atoms with Crippen molar-refractivity contribution in [3.05, 3.63) is 39.9 Å². The van der Waals surface area contributed by atoms with Gasteiger partial charge in [-0.15, -0.1) is 0 Å². The van der Waals surface area contributed by atoms with Crippen LogP contribution in [0.2, 0.25) is 0 Å². The first-order chi connectivity index (χ1) is 10.1. The minimum atomic E-state index is -0.430. The van der Waals surface area contributed by atoms with Crippen LogP contribution in [0, 0.1) is 16.0 Å². The molecule has 0 spiro atoms. The fraction of sp³-hybridized carbons (Fsp3) is 0.533. The summed E-state index contributed by atoms with van der Waals surface area (Å²) in [6.07, 6.45) is 3.84. The van der Waals surface area contributed by atoms with Gasteiger partial charge in [0.1, 0.15) is 0 Å². The monoisotopic (exact) mass is 291 g/mol. The van der Waals surface area contributed by atoms with E-state index >= 15 is 0 Å². The minimum Gasteiger partial charge on any atom is -0.352 e. The molecule has 1 heterocycles. The van der Waals surface area contributed by atoms with Crippen LogP contribution in [0.25, 0.3) is 0 Å². The van der Waals surface area contributed by atoms with Crippen LogP contribution in [-0.4, -0.2) is 23.9 Å². The second-order valence-electron chi connectivity index (χ2n) is 5.45. The smallest absolute Gasteiger partial charge is 0.269 e. The Labute approximate surface area is 124 Å². The van der Waals surface area contributed by atoms with Crippen molar-refractivity contribution in [1.82, 2.24) is 10.6 Å². The van der Waals surface area contributed by atoms with E-state index in [0.717, 1.165) is 25.1 Å². The molecular weight excluding hydrogens is 270 g/mol. The van der Waals surface area contributed by atoms with E-state index in [2.05, 4.69) is 10.6 Å². The normalized spacial score (nSPS) is 18.2. The lowest BCUT2D eigenvalue weighted by molar-refractivity contribution is -0.384. The fourth-order valence-corrected chi connectivity index (χ4v) is 2.53. The molecule has 2 N–H and O–H groups in total. The average molecular weight is 291 g/mol. The van der Waals surface area contributed by atoms with Gasteiger partial charge < -0.3 is 10.6 Å². The number of carbonyl (C=O) groups excluding carboxylic acids is 1. The molecule has 6 nitrogen and oxygen atoms in total. The molecule has 0 aromatic heterocycles. The number of hydrogen-bond acceptors (Lipinski definition) is 4. The summed E-state index contributed by atoms with van der Waals surface area (Å²) in [6, 6.07) is 6.25. The van der Waals surface area contributed by atoms with Crippen molar-refractivity contribution in [2.24, 2.45) is 5.92 Å². The number of hydrogen-bond donors (Lipinski definition) is 2. The molecule has 0 bridgehead atoms. The number of benzene rings is 1. The van der Waals surface area contributed by atoms with E-state index in [9.17, 15) is 14.9 Å². The van der Waals surface area contributed by atoms with Crippen molar-refractivity contribution < 1.29 is 9.72 Å². The maximum atomic E-state index is 11.8. The number of carbonyl (C=O) groups is 1. The first kappa shape index (κ1) is 15.4. The van der Waals surface area contributed by atoms with E-state index in [-0.39, 0.29) is 11.6 Å². The van der Waals surface area contributed by atoms with Crippen molar-refractivity contribution in [3.63, 3.8) is 0 Å². The summed E-state index contributed by atoms with van der Waals surface area (Å²) >= 11 is 0. The zero-order valence-corrected chi connectivity index (χ0v) is 12.0. The molecule has 0 saturated carbocycles. The zero-order valence-electron chi connectivity index (χ0n) is 12.0. The first-order valence-electron chi connectivity index (χ1n) is 7.36. The van der Waals surface area contributed by atoms with E-state index in [4.69, 9.17) is 0 Å². The molecule has 114 valence electrons. The number of non-ortho nitro benzene ring substituents is 1. The number of nitrogens with zero attached hydrogens (tertiary/aromatic N) is 1. The summed E-state index contributed by atoms with van der Waals surface area (Å²) in [5.74, 6) is 0.641. The highest BCUT2D eigenvalue weighted by atomic mass is 16.6. The Morgan fingerprint density at radius 2 is 2.14 bits per heavy atom. The zero-order chi connectivity index (χ0) is 15.1. The van der Waals surface area contributed by atoms with Crippen molar-refractivity contribution in [3.8, 4) is 0 Å². The Kier molecular flexibility index (Phi) is 5.68. The summed E-state index contributed by atoms with van der Waals surface area (Å²) in [6.45, 7) is 2.51. The fourth-order valence-electron chi connectivity index (χ4n) is 2.53. The molecule has 0 aliphatic carbocycles. The number of nitrogens with one attached hydrogen (secondary N) is 2. The third-order valence-corrected chi connectivity index (χ3v) is 3.82. The lowest BCUT2D eigenvalue weighted by Gasteiger charge is -2.22. The van der Waals surface area contributed by atoms with Gasteiger partial charge in [-0.05, 0) is 43.8 Å². The predicted molar refractivity (Wildman–Crippen MR) is 79.8 cm³/mol. The Morgan fingerprint density at radius 1 is 1.38 bits per heavy atom. The van der Waals surface area contributed by atoms with Gasteiger partial charge in [0.25, 0.3) is 5.69 Å². The van der Waals surface area contributed by atoms with E-state index < -0.39 is 4.92 Å². The molecule has 1 atom stereocenters. The molecular formula is C15H21N3O3. The van der Waals surface area contributed by atoms with Crippen LogP contribution < -0.4 is 10.6 Å². The third-order valence-electron chi connectivity index (χ3n) is 3.82. The van der Waals surface area contributed by atoms with Crippen LogP contribution in [-0.2, 0) is 11.3 Å². The van der Waals surface area contributed by atoms with Gasteiger partial charge in [0, 0.05) is 25.1 Å². The molecule has 1 fully saturated rings. The third kappa shape index (κ3) is 5.15. The Balaban J connectivity index is 1.69. The summed E-state index contributed by atoms with van der Waals surface area (Å²) in [7, 11) is 0. The van der Waals surface area contributed by atoms with Crippen LogP contribution >= 0.6 is 0 Å². The summed E-state index contributed by atoms with van der Waals surface area (Å²) in [5.41, 5.74) is 0.933. The lowest BCUT2D eigenvalue weighted by atomic mass is 9.94. The maximum absolute atomic E-state index is 11.8. The molecule has 21 heavy (non-hydrogen) atoms. The van der Waals surface area contributed by atoms with Gasteiger partial charge in [-0.2, -0.15) is 0 Å². The topological polar surface area (TPSA) is 84.3 Å². The molecule has 1 unspecified atom stereocenters. The van der Waals surface area contributed by atoms with E-state index in [0.29, 0.717) is 18.9 Å². The highest BCUT2D eigenvalue weighted by molar-refractivity contribution is 5.75. The van der Waals surface area contributed by atoms with Crippen molar-refractivity contribution >= 4 is 11.6 Å². The van der Waals surface area contributed by atoms with Gasteiger partial charge in [0.05, 0.1) is 4.92 Å². The first-order valence-corrected chi connectivity index (χ1v) is 7.36. The van der Waals surface area contributed by atoms with Crippen LogP contribution in [0.5, 0.6) is 0 Å². The molecule has 1 aliphatic rings. The van der Waals surface area contributed by atoms with Gasteiger partial charge >= 0.3 is 0 Å². The molecule has 1 aliphatic heterocycles. The second kappa shape index (κ2) is 7.73. The number of rotatable bonds is 6. The number of nitro benzene ring substituents is 1. The number of piperidine rings is 1. The maximum Gasteiger partial charge on any atom is 0.269 e. The Bertz CT molecular complexity index is 481. The van der Waals surface area contributed by atoms with E-state index in [1.54, 1.807) is 12.1 Å². The van der Waals surface area contributed by atoms with Crippen LogP contribution in [0.15, 0.2) is 24.3 Å². The highest BCUT2D eigenvalue weighted by Crippen LogP contribution is 2.16. The highest BCUT2D eigenvalue weighted by Gasteiger charge is 2.14. The van der Waals surface area contributed by atoms with Crippen LogP contribution in [0.3, 0.4) is 0 Å². The molecule has 1 amide bonds. The van der Waals surface area contributed by atoms with Crippen molar-refractivity contribution in [2.75, 3.05) is 13.1 Å². The van der Waals surface area contributed by atoms with Gasteiger partial charge in [-0.3, -0.25) is 14.9 Å². The molecule has 1 aromatic carbocycles. The summed E-state index contributed by atoms with van der Waals surface area (Å²) in [4.78, 5) is 21.9. The van der Waals surface area contributed by atoms with Crippen LogP contribution in [0.1, 0.15) is 31.2 Å². The Morgan fingerprint density at radius 3 is 2.76 bits per heavy atom. The standard InChI is InChI=1S/C15H21N3O3/c19-15(8-5-12-2-1-9-16-10-12)17-11-13-3-6-14(7-4-13)18(20)21/h3-4,6-7,12,16H,1-2,5,8-11H2,(H,17,19). The summed E-state index contributed by atoms with van der Waals surface area (Å²) < 4.78 is 0. The number of amides is 1. The van der Waals surface area contributed by atoms with Gasteiger partial charge in [0.2, 0.25) is 5.91 Å². The molecule has 2 rings (SSSR count). The molecule has 6 heteroatoms. The van der Waals surface area contributed by atoms with Crippen molar-refractivity contribution in [2.45, 2.75) is 32.2 Å². The largest absolute Gasteiger partial charge is 0.352 e. The number of nitro groups is 1. The molecule has 0 radical (unpaired) electrons. The van der Waals surface area contributed by atoms with E-state index in [1.165, 1.54) is 25.0 Å². The lowest BCUT2D eigenvalue weighted by Crippen LogP contribution is -2.31. The van der Waals surface area contributed by atoms with Crippen LogP contribution in [0.4, 0.5) is 5.69 Å². The Hall–Kier alpha value is -1.95. The average Bonchev–Trinajstić information content (AvgIpc) is 2.52. The van der Waals surface area contributed by atoms with Gasteiger partial charge in [-0.1, -0.05) is 12.1 Å². The second-order valence-corrected chi connectivity index (χ2v) is 5.45. The molecule has 1 aromatic rings. The quantitative estimate of drug-likeness (QED) is 0.620. The minimum absolute atomic E-state index is 0.0407. The molecule has 1 saturated heterocycles.